The molecule has 2 heterocycles. The van der Waals surface area contributed by atoms with Crippen molar-refractivity contribution in [2.24, 2.45) is 4.99 Å². The number of carbonyl (C=O) groups is 1. The van der Waals surface area contributed by atoms with E-state index in [1.54, 1.807) is 34.9 Å². The van der Waals surface area contributed by atoms with Crippen LogP contribution in [-0.4, -0.2) is 57.3 Å². The van der Waals surface area contributed by atoms with E-state index in [1.165, 1.54) is 4.68 Å². The van der Waals surface area contributed by atoms with Gasteiger partial charge in [-0.3, -0.25) is 9.56 Å². The molecular weight excluding hydrogens is 489 g/mol. The average Bonchev–Trinajstić information content (AvgIpc) is 2.95. The summed E-state index contributed by atoms with van der Waals surface area (Å²) < 4.78 is 8.68. The Bertz CT molecular complexity index is 1140. The Balaban J connectivity index is 2.06. The van der Waals surface area contributed by atoms with Crippen molar-refractivity contribution in [3.05, 3.63) is 57.3 Å². The Hall–Kier alpha value is -2.58. The monoisotopic (exact) mass is 521 g/mol. The van der Waals surface area contributed by atoms with Crippen LogP contribution in [-0.2, 0) is 4.74 Å². The molecule has 1 aliphatic carbocycles. The summed E-state index contributed by atoms with van der Waals surface area (Å²) in [6.45, 7) is 10.3. The number of ether oxygens (including phenoxy) is 1. The van der Waals surface area contributed by atoms with Crippen molar-refractivity contribution in [2.75, 3.05) is 20.1 Å². The summed E-state index contributed by atoms with van der Waals surface area (Å²) in [7, 11) is 1.64. The molecule has 1 aromatic rings. The second kappa shape index (κ2) is 11.4. The molecule has 0 spiro atoms. The van der Waals surface area contributed by atoms with Gasteiger partial charge in [0.25, 0.3) is 0 Å². The fourth-order valence-electron chi connectivity index (χ4n) is 4.14. The average molecular weight is 522 g/mol. The van der Waals surface area contributed by atoms with Gasteiger partial charge in [-0.15, -0.1) is 5.10 Å². The molecule has 0 aromatic carbocycles. The molecule has 0 saturated carbocycles. The van der Waals surface area contributed by atoms with E-state index in [9.17, 15) is 9.59 Å². The van der Waals surface area contributed by atoms with Gasteiger partial charge >= 0.3 is 11.8 Å². The maximum absolute atomic E-state index is 13.8. The zero-order valence-electron chi connectivity index (χ0n) is 20.7. The largest absolute Gasteiger partial charge is 0.444 e. The molecular formula is C25H33Cl2N5O3. The molecule has 2 aliphatic rings. The van der Waals surface area contributed by atoms with Gasteiger partial charge in [-0.05, 0) is 58.6 Å². The Morgan fingerprint density at radius 2 is 2.09 bits per heavy atom. The van der Waals surface area contributed by atoms with E-state index in [-0.39, 0.29) is 28.9 Å². The molecule has 0 N–H and O–H groups in total. The first-order valence-electron chi connectivity index (χ1n) is 11.7. The summed E-state index contributed by atoms with van der Waals surface area (Å²) in [5.74, 6) is 0.393. The number of halogens is 2. The lowest BCUT2D eigenvalue weighted by Gasteiger charge is -2.28. The van der Waals surface area contributed by atoms with Gasteiger partial charge in [-0.2, -0.15) is 0 Å². The molecule has 1 fully saturated rings. The van der Waals surface area contributed by atoms with Crippen LogP contribution >= 0.6 is 23.2 Å². The highest BCUT2D eigenvalue weighted by Crippen LogP contribution is 2.30. The third-order valence-corrected chi connectivity index (χ3v) is 6.25. The van der Waals surface area contributed by atoms with E-state index in [0.717, 1.165) is 12.8 Å². The summed E-state index contributed by atoms with van der Waals surface area (Å²) in [6, 6.07) is -0.603. The minimum Gasteiger partial charge on any atom is -0.444 e. The number of amides is 1. The van der Waals surface area contributed by atoms with Crippen molar-refractivity contribution in [1.82, 2.24) is 19.2 Å². The first-order valence-corrected chi connectivity index (χ1v) is 12.5. The standard InChI is InChI=1S/C25H33Cl2N5O3/c1-17(26)21(13-14-28-5)22-29-32(23(33)31(22)19-11-9-18(27)10-12-19)20-8-6-7-15-30(16-20)24(34)35-25(2,3)4/h9-11,13-14,19-20H,1,6-8,12,15-16H2,2-5H3/b21-13+,28-14?. The number of hydrogen-bond donors (Lipinski definition) is 0. The SMILES string of the molecule is C=C(Cl)/C(=C\C=NC)c1nn(C2CCCCN(C(=O)OC(C)(C)C)C2)c(=O)n1C1C=CC(Cl)=CC1. The number of likely N-dealkylation sites (tertiary alicyclic amines) is 1. The molecule has 10 heteroatoms. The normalized spacial score (nSPS) is 21.7. The number of nitrogens with zero attached hydrogens (tertiary/aromatic N) is 5. The van der Waals surface area contributed by atoms with Gasteiger partial charge < -0.3 is 9.64 Å². The van der Waals surface area contributed by atoms with Crippen LogP contribution in [0.1, 0.15) is 64.4 Å². The van der Waals surface area contributed by atoms with Gasteiger partial charge in [0.15, 0.2) is 5.82 Å². The maximum Gasteiger partial charge on any atom is 0.410 e. The highest BCUT2D eigenvalue weighted by atomic mass is 35.5. The first kappa shape index (κ1) is 27.0. The predicted molar refractivity (Wildman–Crippen MR) is 141 cm³/mol. The topological polar surface area (TPSA) is 81.7 Å². The summed E-state index contributed by atoms with van der Waals surface area (Å²) in [5, 5.41) is 5.60. The summed E-state index contributed by atoms with van der Waals surface area (Å²) >= 11 is 12.5. The summed E-state index contributed by atoms with van der Waals surface area (Å²) in [5.41, 5.74) is -0.387. The van der Waals surface area contributed by atoms with Crippen LogP contribution in [0, 0.1) is 0 Å². The fraction of sp³-hybridized carbons (Fsp3) is 0.520. The molecule has 1 amide bonds. The van der Waals surface area contributed by atoms with Crippen molar-refractivity contribution in [1.29, 1.82) is 0 Å². The molecule has 1 saturated heterocycles. The lowest BCUT2D eigenvalue weighted by atomic mass is 10.1. The fourth-order valence-corrected chi connectivity index (χ4v) is 4.44. The predicted octanol–water partition coefficient (Wildman–Crippen LogP) is 5.47. The van der Waals surface area contributed by atoms with Crippen LogP contribution in [0.5, 0.6) is 0 Å². The van der Waals surface area contributed by atoms with E-state index in [2.05, 4.69) is 11.6 Å². The van der Waals surface area contributed by atoms with Gasteiger partial charge in [-0.1, -0.05) is 41.9 Å². The van der Waals surface area contributed by atoms with Gasteiger partial charge in [0, 0.05) is 42.0 Å². The Morgan fingerprint density at radius 3 is 2.69 bits per heavy atom. The number of aliphatic imine (C=N–C) groups is 1. The smallest absolute Gasteiger partial charge is 0.410 e. The van der Waals surface area contributed by atoms with E-state index >= 15 is 0 Å². The second-order valence-electron chi connectivity index (χ2n) is 9.64. The highest BCUT2D eigenvalue weighted by molar-refractivity contribution is 6.36. The second-order valence-corrected chi connectivity index (χ2v) is 10.5. The third-order valence-electron chi connectivity index (χ3n) is 5.76. The van der Waals surface area contributed by atoms with Crippen LogP contribution in [0.15, 0.2) is 50.7 Å². The summed E-state index contributed by atoms with van der Waals surface area (Å²) in [4.78, 5) is 32.3. The minimum atomic E-state index is -0.603. The molecule has 0 radical (unpaired) electrons. The number of carbonyl (C=O) groups excluding carboxylic acids is 1. The Labute approximate surface area is 216 Å². The zero-order chi connectivity index (χ0) is 25.8. The van der Waals surface area contributed by atoms with Crippen molar-refractivity contribution in [3.63, 3.8) is 0 Å². The molecule has 2 unspecified atom stereocenters. The van der Waals surface area contributed by atoms with Crippen LogP contribution in [0.4, 0.5) is 4.79 Å². The van der Waals surface area contributed by atoms with Crippen LogP contribution in [0.2, 0.25) is 0 Å². The van der Waals surface area contributed by atoms with Gasteiger partial charge in [0.05, 0.1) is 12.1 Å². The van der Waals surface area contributed by atoms with Crippen molar-refractivity contribution >= 4 is 41.1 Å². The Morgan fingerprint density at radius 1 is 1.34 bits per heavy atom. The Kier molecular flexibility index (Phi) is 8.83. The van der Waals surface area contributed by atoms with Gasteiger partial charge in [0.1, 0.15) is 5.60 Å². The highest BCUT2D eigenvalue weighted by Gasteiger charge is 2.31. The lowest BCUT2D eigenvalue weighted by Crippen LogP contribution is -2.41. The van der Waals surface area contributed by atoms with E-state index in [1.807, 2.05) is 32.9 Å². The number of hydrogen-bond acceptors (Lipinski definition) is 5. The first-order chi connectivity index (χ1) is 16.5. The van der Waals surface area contributed by atoms with Crippen molar-refractivity contribution < 1.29 is 9.53 Å². The third kappa shape index (κ3) is 6.76. The molecule has 8 nitrogen and oxygen atoms in total. The molecule has 1 aliphatic heterocycles. The molecule has 0 bridgehead atoms. The van der Waals surface area contributed by atoms with E-state index < -0.39 is 5.60 Å². The van der Waals surface area contributed by atoms with Crippen LogP contribution in [0.25, 0.3) is 5.57 Å². The molecule has 3 rings (SSSR count). The zero-order valence-corrected chi connectivity index (χ0v) is 22.2. The van der Waals surface area contributed by atoms with Gasteiger partial charge in [0.2, 0.25) is 0 Å². The minimum absolute atomic E-state index is 0.243. The lowest BCUT2D eigenvalue weighted by molar-refractivity contribution is 0.0233. The molecule has 35 heavy (non-hydrogen) atoms. The molecule has 190 valence electrons. The molecule has 2 atom stereocenters. The number of allylic oxidation sites excluding steroid dienone is 7. The molecule has 1 aromatic heterocycles. The number of rotatable bonds is 5. The quantitative estimate of drug-likeness (QED) is 0.380. The maximum atomic E-state index is 13.8. The van der Waals surface area contributed by atoms with E-state index in [0.29, 0.717) is 42.4 Å². The van der Waals surface area contributed by atoms with Crippen molar-refractivity contribution in [3.8, 4) is 0 Å². The van der Waals surface area contributed by atoms with Crippen LogP contribution in [0.3, 0.4) is 0 Å². The van der Waals surface area contributed by atoms with Crippen molar-refractivity contribution in [2.45, 2.75) is 64.1 Å². The van der Waals surface area contributed by atoms with E-state index in [4.69, 9.17) is 33.0 Å². The summed E-state index contributed by atoms with van der Waals surface area (Å²) in [6.07, 6.45) is 11.3. The van der Waals surface area contributed by atoms with Gasteiger partial charge in [-0.25, -0.2) is 14.3 Å². The number of aromatic nitrogens is 3. The van der Waals surface area contributed by atoms with Crippen LogP contribution < -0.4 is 5.69 Å².